The van der Waals surface area contributed by atoms with E-state index in [0.717, 1.165) is 24.3 Å². The van der Waals surface area contributed by atoms with E-state index in [1.807, 2.05) is 0 Å². The molecule has 3 amide bonds. The van der Waals surface area contributed by atoms with Gasteiger partial charge >= 0.3 is 12.2 Å². The van der Waals surface area contributed by atoms with Crippen LogP contribution in [0.25, 0.3) is 11.1 Å². The molecule has 6 nitrogen and oxygen atoms in total. The van der Waals surface area contributed by atoms with E-state index in [-0.39, 0.29) is 11.6 Å². The van der Waals surface area contributed by atoms with Gasteiger partial charge in [0.1, 0.15) is 6.04 Å². The molecule has 1 aromatic heterocycles. The van der Waals surface area contributed by atoms with Crippen molar-refractivity contribution in [1.82, 2.24) is 10.3 Å². The average Bonchev–Trinajstić information content (AvgIpc) is 2.81. The topological polar surface area (TPSA) is 74.3 Å². The molecule has 1 atom stereocenters. The minimum atomic E-state index is -4.47. The SMILES string of the molecule is O=C(Nc1ccc(C(F)(F)F)cc1)NC1CCCN(c2ccc(-c3cccnc3F)cc2)C1=O. The second kappa shape index (κ2) is 9.50. The van der Waals surface area contributed by atoms with Crippen LogP contribution < -0.4 is 15.5 Å². The number of hydrogen-bond acceptors (Lipinski definition) is 3. The Morgan fingerprint density at radius 3 is 2.38 bits per heavy atom. The second-order valence-electron chi connectivity index (χ2n) is 7.75. The number of carbonyl (C=O) groups is 2. The van der Waals surface area contributed by atoms with Crippen molar-refractivity contribution >= 4 is 23.3 Å². The molecule has 3 aromatic rings. The van der Waals surface area contributed by atoms with Crippen molar-refractivity contribution in [3.05, 3.63) is 78.4 Å². The van der Waals surface area contributed by atoms with Gasteiger partial charge in [0.05, 0.1) is 5.56 Å². The largest absolute Gasteiger partial charge is 0.416 e. The molecule has 10 heteroatoms. The highest BCUT2D eigenvalue weighted by Crippen LogP contribution is 2.30. The normalized spacial score (nSPS) is 16.3. The molecule has 0 bridgehead atoms. The summed E-state index contributed by atoms with van der Waals surface area (Å²) in [5, 5.41) is 5.03. The number of urea groups is 1. The van der Waals surface area contributed by atoms with Crippen molar-refractivity contribution in [1.29, 1.82) is 0 Å². The summed E-state index contributed by atoms with van der Waals surface area (Å²) in [6.45, 7) is 0.456. The third kappa shape index (κ3) is 5.16. The van der Waals surface area contributed by atoms with Gasteiger partial charge in [-0.3, -0.25) is 4.79 Å². The number of piperidine rings is 1. The van der Waals surface area contributed by atoms with Crippen LogP contribution in [0.15, 0.2) is 66.9 Å². The highest BCUT2D eigenvalue weighted by molar-refractivity contribution is 6.01. The number of nitrogens with zero attached hydrogens (tertiary/aromatic N) is 2. The zero-order chi connectivity index (χ0) is 24.3. The molecule has 2 heterocycles. The molecular formula is C24H20F4N4O2. The van der Waals surface area contributed by atoms with Crippen LogP contribution in [-0.4, -0.2) is 29.5 Å². The summed E-state index contributed by atoms with van der Waals surface area (Å²) < 4.78 is 51.9. The molecule has 2 aromatic carbocycles. The molecule has 0 aliphatic carbocycles. The fourth-order valence-electron chi connectivity index (χ4n) is 3.76. The number of rotatable bonds is 4. The number of carbonyl (C=O) groups excluding carboxylic acids is 2. The maximum Gasteiger partial charge on any atom is 0.416 e. The smallest absolute Gasteiger partial charge is 0.326 e. The fraction of sp³-hybridized carbons (Fsp3) is 0.208. The first-order valence-corrected chi connectivity index (χ1v) is 10.5. The van der Waals surface area contributed by atoms with E-state index in [0.29, 0.717) is 36.2 Å². The predicted octanol–water partition coefficient (Wildman–Crippen LogP) is 5.22. The van der Waals surface area contributed by atoms with E-state index < -0.39 is 29.8 Å². The summed E-state index contributed by atoms with van der Waals surface area (Å²) >= 11 is 0. The van der Waals surface area contributed by atoms with Crippen LogP contribution in [0, 0.1) is 5.95 Å². The van der Waals surface area contributed by atoms with Gasteiger partial charge in [0.2, 0.25) is 11.9 Å². The Kier molecular flexibility index (Phi) is 6.49. The Morgan fingerprint density at radius 2 is 1.74 bits per heavy atom. The third-order valence-corrected chi connectivity index (χ3v) is 5.46. The maximum absolute atomic E-state index is 13.9. The molecule has 0 radical (unpaired) electrons. The number of anilines is 2. The van der Waals surface area contributed by atoms with Crippen LogP contribution in [0.3, 0.4) is 0 Å². The summed E-state index contributed by atoms with van der Waals surface area (Å²) in [7, 11) is 0. The molecule has 0 spiro atoms. The molecular weight excluding hydrogens is 452 g/mol. The quantitative estimate of drug-likeness (QED) is 0.404. The number of hydrogen-bond donors (Lipinski definition) is 2. The Balaban J connectivity index is 1.40. The van der Waals surface area contributed by atoms with Crippen molar-refractivity contribution in [3.8, 4) is 11.1 Å². The molecule has 1 aliphatic heterocycles. The number of nitrogens with one attached hydrogen (secondary N) is 2. The molecule has 1 fully saturated rings. The Labute approximate surface area is 192 Å². The summed E-state index contributed by atoms with van der Waals surface area (Å²) in [4.78, 5) is 30.5. The lowest BCUT2D eigenvalue weighted by molar-refractivity contribution is -0.137. The van der Waals surface area contributed by atoms with Gasteiger partial charge in [0.25, 0.3) is 0 Å². The summed E-state index contributed by atoms with van der Waals surface area (Å²) in [6.07, 6.45) is -2.05. The molecule has 1 unspecified atom stereocenters. The maximum atomic E-state index is 13.9. The van der Waals surface area contributed by atoms with Crippen LogP contribution in [0.2, 0.25) is 0 Å². The Bertz CT molecular complexity index is 1180. The van der Waals surface area contributed by atoms with Crippen LogP contribution in [-0.2, 0) is 11.0 Å². The molecule has 4 rings (SSSR count). The first kappa shape index (κ1) is 23.2. The lowest BCUT2D eigenvalue weighted by Crippen LogP contribution is -2.53. The standard InChI is InChI=1S/C24H20F4N4O2/c25-21-19(3-1-13-29-21)15-5-11-18(12-6-15)32-14-2-4-20(22(32)33)31-23(34)30-17-9-7-16(8-10-17)24(26,27)28/h1,3,5-13,20H,2,4,14H2,(H2,30,31,34). The van der Waals surface area contributed by atoms with E-state index >= 15 is 0 Å². The predicted molar refractivity (Wildman–Crippen MR) is 119 cm³/mol. The molecule has 2 N–H and O–H groups in total. The molecule has 176 valence electrons. The Morgan fingerprint density at radius 1 is 1.03 bits per heavy atom. The fourth-order valence-corrected chi connectivity index (χ4v) is 3.76. The highest BCUT2D eigenvalue weighted by atomic mass is 19.4. The minimum Gasteiger partial charge on any atom is -0.326 e. The summed E-state index contributed by atoms with van der Waals surface area (Å²) in [5.41, 5.74) is 0.910. The van der Waals surface area contributed by atoms with Gasteiger partial charge in [-0.15, -0.1) is 0 Å². The van der Waals surface area contributed by atoms with Gasteiger partial charge in [-0.05, 0) is 66.9 Å². The van der Waals surface area contributed by atoms with Gasteiger partial charge in [0.15, 0.2) is 0 Å². The summed E-state index contributed by atoms with van der Waals surface area (Å²) in [5.74, 6) is -0.901. The van der Waals surface area contributed by atoms with Crippen LogP contribution in [0.4, 0.5) is 33.7 Å². The van der Waals surface area contributed by atoms with E-state index in [1.54, 1.807) is 36.4 Å². The number of amides is 3. The lowest BCUT2D eigenvalue weighted by atomic mass is 10.0. The van der Waals surface area contributed by atoms with E-state index in [1.165, 1.54) is 11.1 Å². The van der Waals surface area contributed by atoms with Gasteiger partial charge in [-0.2, -0.15) is 17.6 Å². The van der Waals surface area contributed by atoms with Crippen molar-refractivity contribution in [2.24, 2.45) is 0 Å². The van der Waals surface area contributed by atoms with Gasteiger partial charge in [0, 0.05) is 29.7 Å². The van der Waals surface area contributed by atoms with Crippen molar-refractivity contribution < 1.29 is 27.2 Å². The number of benzene rings is 2. The van der Waals surface area contributed by atoms with E-state index in [4.69, 9.17) is 0 Å². The first-order chi connectivity index (χ1) is 16.2. The van der Waals surface area contributed by atoms with Gasteiger partial charge < -0.3 is 15.5 Å². The molecule has 0 saturated carbocycles. The second-order valence-corrected chi connectivity index (χ2v) is 7.75. The molecule has 34 heavy (non-hydrogen) atoms. The average molecular weight is 472 g/mol. The molecule has 1 saturated heterocycles. The number of pyridine rings is 1. The minimum absolute atomic E-state index is 0.170. The van der Waals surface area contributed by atoms with Gasteiger partial charge in [-0.25, -0.2) is 9.78 Å². The zero-order valence-electron chi connectivity index (χ0n) is 17.8. The van der Waals surface area contributed by atoms with Crippen molar-refractivity contribution in [2.75, 3.05) is 16.8 Å². The van der Waals surface area contributed by atoms with Crippen LogP contribution in [0.5, 0.6) is 0 Å². The van der Waals surface area contributed by atoms with Gasteiger partial charge in [-0.1, -0.05) is 12.1 Å². The van der Waals surface area contributed by atoms with E-state index in [9.17, 15) is 27.2 Å². The number of halogens is 4. The Hall–Kier alpha value is -3.95. The number of aromatic nitrogens is 1. The summed E-state index contributed by atoms with van der Waals surface area (Å²) in [6, 6.07) is 12.6. The number of alkyl halides is 3. The van der Waals surface area contributed by atoms with Crippen molar-refractivity contribution in [3.63, 3.8) is 0 Å². The van der Waals surface area contributed by atoms with Crippen LogP contribution >= 0.6 is 0 Å². The first-order valence-electron chi connectivity index (χ1n) is 10.5. The molecule has 1 aliphatic rings. The van der Waals surface area contributed by atoms with Crippen molar-refractivity contribution in [2.45, 2.75) is 25.1 Å². The highest BCUT2D eigenvalue weighted by Gasteiger charge is 2.32. The zero-order valence-corrected chi connectivity index (χ0v) is 17.8. The third-order valence-electron chi connectivity index (χ3n) is 5.46. The van der Waals surface area contributed by atoms with Crippen LogP contribution in [0.1, 0.15) is 18.4 Å². The lowest BCUT2D eigenvalue weighted by Gasteiger charge is -2.32. The monoisotopic (exact) mass is 472 g/mol. The van der Waals surface area contributed by atoms with E-state index in [2.05, 4.69) is 15.6 Å².